The first-order chi connectivity index (χ1) is 10.0. The topological polar surface area (TPSA) is 52.6 Å². The standard InChI is InChI=1S/C17H26N2O2/c1-13-6-3-4-7-15(13)10-14(2)18-17(21)12-19-9-5-8-16(20)11-19/h3-4,6-7,14,16,20H,5,8-12H2,1-2H3,(H,18,21). The van der Waals surface area contributed by atoms with E-state index in [0.29, 0.717) is 13.1 Å². The maximum Gasteiger partial charge on any atom is 0.234 e. The summed E-state index contributed by atoms with van der Waals surface area (Å²) < 4.78 is 0. The van der Waals surface area contributed by atoms with Gasteiger partial charge in [-0.05, 0) is 50.8 Å². The summed E-state index contributed by atoms with van der Waals surface area (Å²) >= 11 is 0. The maximum absolute atomic E-state index is 12.1. The number of nitrogens with one attached hydrogen (secondary N) is 1. The van der Waals surface area contributed by atoms with E-state index in [-0.39, 0.29) is 18.1 Å². The van der Waals surface area contributed by atoms with Crippen LogP contribution in [0.1, 0.15) is 30.9 Å². The molecule has 116 valence electrons. The van der Waals surface area contributed by atoms with Crippen molar-refractivity contribution >= 4 is 5.91 Å². The number of rotatable bonds is 5. The van der Waals surface area contributed by atoms with Gasteiger partial charge in [-0.15, -0.1) is 0 Å². The predicted octanol–water partition coefficient (Wildman–Crippen LogP) is 1.50. The minimum Gasteiger partial charge on any atom is -0.392 e. The third-order valence-corrected chi connectivity index (χ3v) is 4.04. The van der Waals surface area contributed by atoms with Gasteiger partial charge in [0.2, 0.25) is 5.91 Å². The van der Waals surface area contributed by atoms with Crippen LogP contribution in [-0.2, 0) is 11.2 Å². The van der Waals surface area contributed by atoms with Crippen LogP contribution in [0.2, 0.25) is 0 Å². The van der Waals surface area contributed by atoms with Crippen molar-refractivity contribution in [3.63, 3.8) is 0 Å². The summed E-state index contributed by atoms with van der Waals surface area (Å²) in [6.07, 6.45) is 2.38. The van der Waals surface area contributed by atoms with Gasteiger partial charge in [0.25, 0.3) is 0 Å². The van der Waals surface area contributed by atoms with E-state index >= 15 is 0 Å². The Kier molecular flexibility index (Phi) is 5.76. The van der Waals surface area contributed by atoms with Crippen LogP contribution in [0.15, 0.2) is 24.3 Å². The number of aryl methyl sites for hydroxylation is 1. The lowest BCUT2D eigenvalue weighted by Crippen LogP contribution is -2.46. The molecule has 1 aromatic carbocycles. The SMILES string of the molecule is Cc1ccccc1CC(C)NC(=O)CN1CCCC(O)C1. The third-order valence-electron chi connectivity index (χ3n) is 4.04. The van der Waals surface area contributed by atoms with Crippen LogP contribution in [-0.4, -0.2) is 47.7 Å². The monoisotopic (exact) mass is 290 g/mol. The molecule has 0 saturated carbocycles. The molecule has 2 rings (SSSR count). The smallest absolute Gasteiger partial charge is 0.234 e. The summed E-state index contributed by atoms with van der Waals surface area (Å²) in [5.74, 6) is 0.0465. The van der Waals surface area contributed by atoms with Crippen LogP contribution in [0, 0.1) is 6.92 Å². The van der Waals surface area contributed by atoms with Crippen molar-refractivity contribution in [1.82, 2.24) is 10.2 Å². The van der Waals surface area contributed by atoms with Crippen molar-refractivity contribution in [1.29, 1.82) is 0 Å². The minimum absolute atomic E-state index is 0.0465. The number of amides is 1. The molecule has 2 atom stereocenters. The third kappa shape index (κ3) is 5.14. The zero-order valence-electron chi connectivity index (χ0n) is 13.0. The number of likely N-dealkylation sites (tertiary alicyclic amines) is 1. The molecule has 0 aromatic heterocycles. The first kappa shape index (κ1) is 16.0. The molecular weight excluding hydrogens is 264 g/mol. The van der Waals surface area contributed by atoms with Gasteiger partial charge < -0.3 is 10.4 Å². The van der Waals surface area contributed by atoms with Gasteiger partial charge in [0.15, 0.2) is 0 Å². The zero-order valence-corrected chi connectivity index (χ0v) is 13.0. The number of aliphatic hydroxyl groups excluding tert-OH is 1. The van der Waals surface area contributed by atoms with Crippen molar-refractivity contribution in [3.8, 4) is 0 Å². The molecule has 2 N–H and O–H groups in total. The van der Waals surface area contributed by atoms with Crippen molar-refractivity contribution < 1.29 is 9.90 Å². The molecule has 1 heterocycles. The predicted molar refractivity (Wildman–Crippen MR) is 84.2 cm³/mol. The van der Waals surface area contributed by atoms with Crippen LogP contribution in [0.25, 0.3) is 0 Å². The second-order valence-electron chi connectivity index (χ2n) is 6.13. The Morgan fingerprint density at radius 3 is 2.95 bits per heavy atom. The van der Waals surface area contributed by atoms with E-state index in [2.05, 4.69) is 24.4 Å². The van der Waals surface area contributed by atoms with Gasteiger partial charge in [-0.1, -0.05) is 24.3 Å². The highest BCUT2D eigenvalue weighted by molar-refractivity contribution is 5.78. The van der Waals surface area contributed by atoms with Crippen LogP contribution in [0.3, 0.4) is 0 Å². The van der Waals surface area contributed by atoms with E-state index in [1.807, 2.05) is 24.0 Å². The highest BCUT2D eigenvalue weighted by Gasteiger charge is 2.20. The van der Waals surface area contributed by atoms with Gasteiger partial charge in [-0.3, -0.25) is 9.69 Å². The fraction of sp³-hybridized carbons (Fsp3) is 0.588. The number of piperidine rings is 1. The van der Waals surface area contributed by atoms with Crippen molar-refractivity contribution in [2.75, 3.05) is 19.6 Å². The highest BCUT2D eigenvalue weighted by Crippen LogP contribution is 2.11. The fourth-order valence-electron chi connectivity index (χ4n) is 2.92. The number of hydrogen-bond acceptors (Lipinski definition) is 3. The largest absolute Gasteiger partial charge is 0.392 e. The van der Waals surface area contributed by atoms with Crippen molar-refractivity contribution in [2.24, 2.45) is 0 Å². The van der Waals surface area contributed by atoms with Gasteiger partial charge in [0, 0.05) is 12.6 Å². The quantitative estimate of drug-likeness (QED) is 0.864. The molecule has 21 heavy (non-hydrogen) atoms. The molecule has 0 bridgehead atoms. The van der Waals surface area contributed by atoms with Crippen LogP contribution >= 0.6 is 0 Å². The molecule has 0 aliphatic carbocycles. The van der Waals surface area contributed by atoms with Crippen LogP contribution < -0.4 is 5.32 Å². The van der Waals surface area contributed by atoms with E-state index in [1.54, 1.807) is 0 Å². The van der Waals surface area contributed by atoms with E-state index in [0.717, 1.165) is 25.8 Å². The van der Waals surface area contributed by atoms with Gasteiger partial charge in [-0.2, -0.15) is 0 Å². The van der Waals surface area contributed by atoms with E-state index in [4.69, 9.17) is 0 Å². The van der Waals surface area contributed by atoms with Gasteiger partial charge >= 0.3 is 0 Å². The first-order valence-corrected chi connectivity index (χ1v) is 7.79. The Balaban J connectivity index is 1.78. The van der Waals surface area contributed by atoms with E-state index < -0.39 is 0 Å². The lowest BCUT2D eigenvalue weighted by Gasteiger charge is -2.29. The summed E-state index contributed by atoms with van der Waals surface area (Å²) in [6, 6.07) is 8.39. The fourth-order valence-corrected chi connectivity index (χ4v) is 2.92. The Morgan fingerprint density at radius 1 is 1.48 bits per heavy atom. The average Bonchev–Trinajstić information content (AvgIpc) is 2.41. The normalized spacial score (nSPS) is 21.0. The Labute approximate surface area is 127 Å². The lowest BCUT2D eigenvalue weighted by molar-refractivity contribution is -0.123. The number of nitrogens with zero attached hydrogens (tertiary/aromatic N) is 1. The average molecular weight is 290 g/mol. The second-order valence-corrected chi connectivity index (χ2v) is 6.13. The molecule has 1 aliphatic heterocycles. The van der Waals surface area contributed by atoms with Gasteiger partial charge in [0.1, 0.15) is 0 Å². The summed E-state index contributed by atoms with van der Waals surface area (Å²) in [6.45, 7) is 6.03. The number of carbonyl (C=O) groups is 1. The first-order valence-electron chi connectivity index (χ1n) is 7.79. The second kappa shape index (κ2) is 7.57. The molecule has 4 nitrogen and oxygen atoms in total. The molecule has 0 spiro atoms. The number of β-amino-alcohol motifs (C(OH)–C–C–N with tert-alkyl or cyclic N) is 1. The maximum atomic E-state index is 12.1. The Morgan fingerprint density at radius 2 is 2.24 bits per heavy atom. The minimum atomic E-state index is -0.282. The molecule has 1 fully saturated rings. The molecule has 0 radical (unpaired) electrons. The van der Waals surface area contributed by atoms with E-state index in [9.17, 15) is 9.90 Å². The Bertz CT molecular complexity index is 476. The number of hydrogen-bond donors (Lipinski definition) is 2. The molecular formula is C17H26N2O2. The summed E-state index contributed by atoms with van der Waals surface area (Å²) in [5.41, 5.74) is 2.54. The molecule has 2 unspecified atom stereocenters. The zero-order chi connectivity index (χ0) is 15.2. The van der Waals surface area contributed by atoms with Crippen molar-refractivity contribution in [3.05, 3.63) is 35.4 Å². The Hall–Kier alpha value is -1.39. The number of carbonyl (C=O) groups excluding carboxylic acids is 1. The summed E-state index contributed by atoms with van der Waals surface area (Å²) in [5, 5.41) is 12.7. The summed E-state index contributed by atoms with van der Waals surface area (Å²) in [4.78, 5) is 14.1. The molecule has 1 amide bonds. The molecule has 4 heteroatoms. The summed E-state index contributed by atoms with van der Waals surface area (Å²) in [7, 11) is 0. The van der Waals surface area contributed by atoms with Crippen LogP contribution in [0.4, 0.5) is 0 Å². The molecule has 1 aliphatic rings. The van der Waals surface area contributed by atoms with E-state index in [1.165, 1.54) is 11.1 Å². The molecule has 1 saturated heterocycles. The van der Waals surface area contributed by atoms with Crippen molar-refractivity contribution in [2.45, 2.75) is 45.3 Å². The highest BCUT2D eigenvalue weighted by atomic mass is 16.3. The number of aliphatic hydroxyl groups is 1. The lowest BCUT2D eigenvalue weighted by atomic mass is 10.0. The van der Waals surface area contributed by atoms with Crippen LogP contribution in [0.5, 0.6) is 0 Å². The van der Waals surface area contributed by atoms with Gasteiger partial charge in [-0.25, -0.2) is 0 Å². The molecule has 1 aromatic rings. The number of benzene rings is 1. The van der Waals surface area contributed by atoms with Gasteiger partial charge in [0.05, 0.1) is 12.6 Å².